The Hall–Kier alpha value is -3.83. The maximum atomic E-state index is 13.6. The summed E-state index contributed by atoms with van der Waals surface area (Å²) in [6.45, 7) is 1.92. The van der Waals surface area contributed by atoms with Gasteiger partial charge in [-0.05, 0) is 74.1 Å². The number of benzene rings is 3. The average Bonchev–Trinajstić information content (AvgIpc) is 3.35. The number of nitrogens with zero attached hydrogens (tertiary/aromatic N) is 1. The number of anilines is 1. The highest BCUT2D eigenvalue weighted by atomic mass is 35.5. The van der Waals surface area contributed by atoms with Crippen LogP contribution in [0.15, 0.2) is 72.3 Å². The van der Waals surface area contributed by atoms with Gasteiger partial charge in [-0.2, -0.15) is 0 Å². The molecule has 1 atom stereocenters. The second-order valence-corrected chi connectivity index (χ2v) is 9.99. The van der Waals surface area contributed by atoms with Crippen molar-refractivity contribution in [2.45, 2.75) is 38.6 Å². The van der Waals surface area contributed by atoms with E-state index < -0.39 is 17.7 Å². The zero-order valence-corrected chi connectivity index (χ0v) is 20.6. The van der Waals surface area contributed by atoms with Crippen LogP contribution in [0.1, 0.15) is 46.8 Å². The van der Waals surface area contributed by atoms with E-state index in [-0.39, 0.29) is 11.3 Å². The number of aromatic nitrogens is 1. The van der Waals surface area contributed by atoms with Crippen LogP contribution in [0.3, 0.4) is 0 Å². The summed E-state index contributed by atoms with van der Waals surface area (Å²) < 4.78 is 0. The van der Waals surface area contributed by atoms with Gasteiger partial charge in [0.05, 0.1) is 11.6 Å². The van der Waals surface area contributed by atoms with Gasteiger partial charge in [0.25, 0.3) is 11.7 Å². The Morgan fingerprint density at radius 3 is 2.56 bits per heavy atom. The van der Waals surface area contributed by atoms with Crippen LogP contribution in [-0.4, -0.2) is 21.8 Å². The normalized spacial score (nSPS) is 19.2. The van der Waals surface area contributed by atoms with Crippen molar-refractivity contribution in [3.8, 4) is 0 Å². The lowest BCUT2D eigenvalue weighted by Gasteiger charge is -2.26. The number of aliphatic hydroxyl groups is 1. The lowest BCUT2D eigenvalue weighted by Crippen LogP contribution is -2.29. The van der Waals surface area contributed by atoms with Gasteiger partial charge in [-0.1, -0.05) is 48.0 Å². The van der Waals surface area contributed by atoms with Crippen LogP contribution in [-0.2, 0) is 22.4 Å². The molecule has 2 N–H and O–H groups in total. The van der Waals surface area contributed by atoms with E-state index in [2.05, 4.69) is 4.98 Å². The molecule has 0 radical (unpaired) electrons. The fourth-order valence-corrected chi connectivity index (χ4v) is 5.87. The number of hydrogen-bond acceptors (Lipinski definition) is 3. The summed E-state index contributed by atoms with van der Waals surface area (Å²) in [5, 5.41) is 13.0. The molecule has 1 unspecified atom stereocenters. The molecule has 4 aromatic rings. The molecular formula is C30H25ClN2O3. The molecule has 5 nitrogen and oxygen atoms in total. The van der Waals surface area contributed by atoms with Crippen LogP contribution in [0.2, 0.25) is 5.02 Å². The molecule has 1 aliphatic heterocycles. The van der Waals surface area contributed by atoms with E-state index in [4.69, 9.17) is 11.6 Å². The summed E-state index contributed by atoms with van der Waals surface area (Å²) in [6, 6.07) is 19.7. The highest BCUT2D eigenvalue weighted by Gasteiger charge is 2.48. The average molecular weight is 497 g/mol. The molecule has 180 valence electrons. The van der Waals surface area contributed by atoms with Crippen molar-refractivity contribution in [2.24, 2.45) is 0 Å². The van der Waals surface area contributed by atoms with Crippen molar-refractivity contribution in [3.05, 3.63) is 105 Å². The maximum absolute atomic E-state index is 13.6. The van der Waals surface area contributed by atoms with Gasteiger partial charge in [0.1, 0.15) is 5.76 Å². The number of carbonyl (C=O) groups is 2. The maximum Gasteiger partial charge on any atom is 0.300 e. The van der Waals surface area contributed by atoms with Gasteiger partial charge in [0, 0.05) is 38.4 Å². The van der Waals surface area contributed by atoms with Gasteiger partial charge in [0.15, 0.2) is 0 Å². The summed E-state index contributed by atoms with van der Waals surface area (Å²) in [5.74, 6) is -1.55. The number of nitrogens with one attached hydrogen (secondary N) is 1. The SMILES string of the molecule is Cc1[nH]c2ccccc2c1C1/C(=C(\O)c2ccc3c(c2)CCCC3)C(=O)C(=O)N1c1cccc(Cl)c1. The number of aromatic amines is 1. The van der Waals surface area contributed by atoms with Gasteiger partial charge in [-0.15, -0.1) is 0 Å². The fourth-order valence-electron chi connectivity index (χ4n) is 5.68. The third-order valence-corrected chi connectivity index (χ3v) is 7.60. The number of hydrogen-bond donors (Lipinski definition) is 2. The molecule has 6 heteroatoms. The smallest absolute Gasteiger partial charge is 0.300 e. The summed E-state index contributed by atoms with van der Waals surface area (Å²) in [6.07, 6.45) is 4.22. The third-order valence-electron chi connectivity index (χ3n) is 7.37. The van der Waals surface area contributed by atoms with Crippen molar-refractivity contribution >= 4 is 45.6 Å². The number of Topliss-reactive ketones (excluding diaryl/α,β-unsaturated/α-hetero) is 1. The van der Waals surface area contributed by atoms with Crippen molar-refractivity contribution < 1.29 is 14.7 Å². The summed E-state index contributed by atoms with van der Waals surface area (Å²) >= 11 is 6.28. The van der Waals surface area contributed by atoms with Crippen LogP contribution in [0.5, 0.6) is 0 Å². The number of carbonyl (C=O) groups excluding carboxylic acids is 2. The number of ketones is 1. The first kappa shape index (κ1) is 22.6. The Bertz CT molecular complexity index is 1580. The van der Waals surface area contributed by atoms with Crippen LogP contribution in [0, 0.1) is 6.92 Å². The second kappa shape index (κ2) is 8.68. The van der Waals surface area contributed by atoms with Crippen LogP contribution >= 0.6 is 11.6 Å². The first-order valence-electron chi connectivity index (χ1n) is 12.2. The molecule has 0 bridgehead atoms. The first-order chi connectivity index (χ1) is 17.4. The molecular weight excluding hydrogens is 472 g/mol. The number of aliphatic hydroxyl groups excluding tert-OH is 1. The molecule has 1 amide bonds. The third kappa shape index (κ3) is 3.54. The van der Waals surface area contributed by atoms with Crippen molar-refractivity contribution in [3.63, 3.8) is 0 Å². The van der Waals surface area contributed by atoms with E-state index in [0.717, 1.165) is 47.8 Å². The molecule has 1 fully saturated rings. The number of amides is 1. The highest BCUT2D eigenvalue weighted by Crippen LogP contribution is 2.46. The molecule has 2 aliphatic rings. The van der Waals surface area contributed by atoms with Crippen molar-refractivity contribution in [2.75, 3.05) is 4.90 Å². The minimum absolute atomic E-state index is 0.0867. The number of H-pyrrole nitrogens is 1. The predicted molar refractivity (Wildman–Crippen MR) is 142 cm³/mol. The van der Waals surface area contributed by atoms with Crippen molar-refractivity contribution in [1.82, 2.24) is 4.98 Å². The topological polar surface area (TPSA) is 73.4 Å². The molecule has 3 aromatic carbocycles. The molecule has 0 saturated carbocycles. The number of aryl methyl sites for hydroxylation is 3. The van der Waals surface area contributed by atoms with E-state index in [1.165, 1.54) is 16.0 Å². The quantitative estimate of drug-likeness (QED) is 0.190. The number of rotatable bonds is 3. The van der Waals surface area contributed by atoms with E-state index >= 15 is 0 Å². The summed E-state index contributed by atoms with van der Waals surface area (Å²) in [4.78, 5) is 31.9. The van der Waals surface area contributed by atoms with Gasteiger partial charge >= 0.3 is 0 Å². The number of para-hydroxylation sites is 1. The van der Waals surface area contributed by atoms with Gasteiger partial charge in [-0.3, -0.25) is 14.5 Å². The fraction of sp³-hybridized carbons (Fsp3) is 0.200. The predicted octanol–water partition coefficient (Wildman–Crippen LogP) is 6.63. The molecule has 1 aromatic heterocycles. The Morgan fingerprint density at radius 2 is 1.75 bits per heavy atom. The molecule has 36 heavy (non-hydrogen) atoms. The lowest BCUT2D eigenvalue weighted by atomic mass is 9.88. The highest BCUT2D eigenvalue weighted by molar-refractivity contribution is 6.52. The Kier molecular flexibility index (Phi) is 5.45. The Labute approximate surface area is 214 Å². The molecule has 1 aliphatic carbocycles. The molecule has 2 heterocycles. The number of fused-ring (bicyclic) bond motifs is 2. The minimum Gasteiger partial charge on any atom is -0.507 e. The van der Waals surface area contributed by atoms with Gasteiger partial charge in [-0.25, -0.2) is 0 Å². The summed E-state index contributed by atoms with van der Waals surface area (Å²) in [7, 11) is 0. The largest absolute Gasteiger partial charge is 0.507 e. The van der Waals surface area contributed by atoms with Crippen molar-refractivity contribution in [1.29, 1.82) is 0 Å². The molecule has 6 rings (SSSR count). The summed E-state index contributed by atoms with van der Waals surface area (Å²) in [5.41, 5.74) is 6.12. The number of halogens is 1. The zero-order chi connectivity index (χ0) is 25.0. The second-order valence-electron chi connectivity index (χ2n) is 9.55. The van der Waals surface area contributed by atoms with Crippen LogP contribution < -0.4 is 4.90 Å². The van der Waals surface area contributed by atoms with Gasteiger partial charge in [0.2, 0.25) is 0 Å². The van der Waals surface area contributed by atoms with E-state index in [9.17, 15) is 14.7 Å². The van der Waals surface area contributed by atoms with E-state index in [0.29, 0.717) is 16.3 Å². The lowest BCUT2D eigenvalue weighted by molar-refractivity contribution is -0.132. The minimum atomic E-state index is -0.810. The Balaban J connectivity index is 1.61. The van der Waals surface area contributed by atoms with Crippen LogP contribution in [0.4, 0.5) is 5.69 Å². The zero-order valence-electron chi connectivity index (χ0n) is 19.8. The molecule has 1 saturated heterocycles. The van der Waals surface area contributed by atoms with E-state index in [1.807, 2.05) is 49.4 Å². The first-order valence-corrected chi connectivity index (χ1v) is 12.6. The van der Waals surface area contributed by atoms with Gasteiger partial charge < -0.3 is 10.1 Å². The molecule has 0 spiro atoms. The van der Waals surface area contributed by atoms with E-state index in [1.54, 1.807) is 24.3 Å². The Morgan fingerprint density at radius 1 is 0.972 bits per heavy atom. The monoisotopic (exact) mass is 496 g/mol. The standard InChI is InChI=1S/C30H25ClN2O3/c1-17-25(23-11-4-5-12-24(23)32-17)27-26(28(34)20-14-13-18-7-2-3-8-19(18)15-20)29(35)30(36)33(27)22-10-6-9-21(31)16-22/h4-6,9-16,27,32,34H,2-3,7-8H2,1H3/b28-26+. The van der Waals surface area contributed by atoms with Crippen LogP contribution in [0.25, 0.3) is 16.7 Å².